The molecule has 0 aliphatic heterocycles. The van der Waals surface area contributed by atoms with Gasteiger partial charge in [-0.05, 0) is 12.8 Å². The van der Waals surface area contributed by atoms with Gasteiger partial charge in [-0.3, -0.25) is 9.59 Å². The number of anilines is 1. The predicted octanol–water partition coefficient (Wildman–Crippen LogP) is 1.24. The Morgan fingerprint density at radius 1 is 1.50 bits per heavy atom. The summed E-state index contributed by atoms with van der Waals surface area (Å²) in [5, 5.41) is 0.389. The first kappa shape index (κ1) is 14.9. The minimum Gasteiger partial charge on any atom is -0.383 e. The number of carbonyl (C=O) groups excluding carboxylic acids is 1. The molecule has 20 heavy (non-hydrogen) atoms. The lowest BCUT2D eigenvalue weighted by Crippen LogP contribution is -2.39. The van der Waals surface area contributed by atoms with E-state index < -0.39 is 0 Å². The van der Waals surface area contributed by atoms with Crippen LogP contribution in [0.5, 0.6) is 0 Å². The van der Waals surface area contributed by atoms with Gasteiger partial charge in [-0.15, -0.1) is 0 Å². The number of H-pyrrole nitrogens is 1. The van der Waals surface area contributed by atoms with Crippen molar-refractivity contribution in [1.29, 1.82) is 0 Å². The molecule has 0 spiro atoms. The summed E-state index contributed by atoms with van der Waals surface area (Å²) in [6.07, 6.45) is 5.82. The fraction of sp³-hybridized carbons (Fsp3) is 0.615. The molecule has 110 valence electrons. The maximum Gasteiger partial charge on any atom is 0.253 e. The minimum atomic E-state index is -0.298. The van der Waals surface area contributed by atoms with Gasteiger partial charge in [0.25, 0.3) is 5.56 Å². The Bertz CT molecular complexity index is 525. The zero-order valence-corrected chi connectivity index (χ0v) is 12.4. The lowest BCUT2D eigenvalue weighted by Gasteiger charge is -2.31. The Balaban J connectivity index is 1.89. The molecule has 1 aliphatic carbocycles. The highest BCUT2D eigenvalue weighted by atomic mass is 32.2. The van der Waals surface area contributed by atoms with Crippen LogP contribution in [0.15, 0.2) is 16.0 Å². The zero-order valence-electron chi connectivity index (χ0n) is 11.6. The minimum absolute atomic E-state index is 0.0620. The molecule has 1 fully saturated rings. The highest BCUT2D eigenvalue weighted by Crippen LogP contribution is 2.22. The van der Waals surface area contributed by atoms with Gasteiger partial charge < -0.3 is 15.6 Å². The molecule has 0 atom stereocenters. The van der Waals surface area contributed by atoms with Gasteiger partial charge in [-0.2, -0.15) is 0 Å². The second-order valence-electron chi connectivity index (χ2n) is 5.06. The summed E-state index contributed by atoms with van der Waals surface area (Å²) in [5.74, 6) is 0.496. The average Bonchev–Trinajstić information content (AvgIpc) is 2.44. The molecule has 1 saturated carbocycles. The third-order valence-corrected chi connectivity index (χ3v) is 4.45. The van der Waals surface area contributed by atoms with Crippen LogP contribution < -0.4 is 11.3 Å². The maximum atomic E-state index is 12.1. The fourth-order valence-electron chi connectivity index (χ4n) is 2.43. The number of amides is 1. The van der Waals surface area contributed by atoms with Gasteiger partial charge in [0.15, 0.2) is 5.16 Å². The normalized spacial score (nSPS) is 16.1. The lowest BCUT2D eigenvalue weighted by atomic mass is 9.94. The van der Waals surface area contributed by atoms with E-state index in [0.717, 1.165) is 12.8 Å². The molecule has 2 rings (SSSR count). The number of nitrogens with two attached hydrogens (primary N) is 1. The first-order valence-electron chi connectivity index (χ1n) is 6.81. The molecule has 3 N–H and O–H groups in total. The number of nitrogens with one attached hydrogen (secondary N) is 1. The molecule has 0 radical (unpaired) electrons. The molecule has 1 aromatic heterocycles. The Kier molecular flexibility index (Phi) is 5.05. The molecule has 1 heterocycles. The van der Waals surface area contributed by atoms with E-state index in [0.29, 0.717) is 11.2 Å². The third kappa shape index (κ3) is 4.00. The van der Waals surface area contributed by atoms with Gasteiger partial charge in [0, 0.05) is 19.2 Å². The van der Waals surface area contributed by atoms with Crippen molar-refractivity contribution in [3.63, 3.8) is 0 Å². The molecule has 0 unspecified atom stereocenters. The summed E-state index contributed by atoms with van der Waals surface area (Å²) in [7, 11) is 1.86. The number of aromatic nitrogens is 2. The molecule has 7 heteroatoms. The molecule has 0 bridgehead atoms. The number of rotatable bonds is 4. The van der Waals surface area contributed by atoms with Crippen LogP contribution in [0.25, 0.3) is 0 Å². The number of nitrogens with zero attached hydrogens (tertiary/aromatic N) is 2. The topological polar surface area (TPSA) is 92.1 Å². The number of thioether (sulfide) groups is 1. The van der Waals surface area contributed by atoms with Crippen molar-refractivity contribution in [2.75, 3.05) is 18.5 Å². The van der Waals surface area contributed by atoms with Gasteiger partial charge in [-0.1, -0.05) is 31.0 Å². The van der Waals surface area contributed by atoms with Crippen LogP contribution in [0.1, 0.15) is 32.1 Å². The van der Waals surface area contributed by atoms with Crippen molar-refractivity contribution in [2.24, 2.45) is 0 Å². The standard InChI is InChI=1S/C13H20N4O2S/c1-17(9-5-3-2-4-6-9)12(19)8-20-13-15-10(14)7-11(18)16-13/h7,9H,2-6,8H2,1H3,(H3,14,15,16,18). The van der Waals surface area contributed by atoms with E-state index in [1.54, 1.807) is 0 Å². The monoisotopic (exact) mass is 296 g/mol. The molecule has 0 aromatic carbocycles. The van der Waals surface area contributed by atoms with Crippen LogP contribution >= 0.6 is 11.8 Å². The highest BCUT2D eigenvalue weighted by molar-refractivity contribution is 7.99. The summed E-state index contributed by atoms with van der Waals surface area (Å²) in [6.45, 7) is 0. The van der Waals surface area contributed by atoms with Crippen LogP contribution in [0.3, 0.4) is 0 Å². The second kappa shape index (κ2) is 6.78. The van der Waals surface area contributed by atoms with E-state index in [2.05, 4.69) is 9.97 Å². The molecule has 1 aliphatic rings. The Labute approximate surface area is 122 Å². The van der Waals surface area contributed by atoms with Crippen molar-refractivity contribution in [3.05, 3.63) is 16.4 Å². The van der Waals surface area contributed by atoms with E-state index in [1.807, 2.05) is 11.9 Å². The van der Waals surface area contributed by atoms with Crippen LogP contribution in [-0.4, -0.2) is 39.6 Å². The van der Waals surface area contributed by atoms with Crippen molar-refractivity contribution < 1.29 is 4.79 Å². The van der Waals surface area contributed by atoms with Gasteiger partial charge in [0.05, 0.1) is 5.75 Å². The lowest BCUT2D eigenvalue weighted by molar-refractivity contribution is -0.129. The van der Waals surface area contributed by atoms with Crippen molar-refractivity contribution in [1.82, 2.24) is 14.9 Å². The number of hydrogen-bond donors (Lipinski definition) is 2. The summed E-state index contributed by atoms with van der Waals surface area (Å²) < 4.78 is 0. The first-order chi connectivity index (χ1) is 9.56. The Hall–Kier alpha value is -1.50. The van der Waals surface area contributed by atoms with Gasteiger partial charge in [-0.25, -0.2) is 4.98 Å². The van der Waals surface area contributed by atoms with E-state index in [4.69, 9.17) is 5.73 Å². The largest absolute Gasteiger partial charge is 0.383 e. The van der Waals surface area contributed by atoms with E-state index in [1.165, 1.54) is 37.1 Å². The molecular weight excluding hydrogens is 276 g/mol. The molecule has 1 aromatic rings. The van der Waals surface area contributed by atoms with Crippen molar-refractivity contribution >= 4 is 23.5 Å². The van der Waals surface area contributed by atoms with Crippen molar-refractivity contribution in [3.8, 4) is 0 Å². The number of hydrogen-bond acceptors (Lipinski definition) is 5. The molecular formula is C13H20N4O2S. The Morgan fingerprint density at radius 3 is 2.85 bits per heavy atom. The number of nitrogen functional groups attached to an aromatic ring is 1. The quantitative estimate of drug-likeness (QED) is 0.644. The van der Waals surface area contributed by atoms with E-state index in [-0.39, 0.29) is 23.0 Å². The van der Waals surface area contributed by atoms with E-state index in [9.17, 15) is 9.59 Å². The van der Waals surface area contributed by atoms with Crippen LogP contribution in [-0.2, 0) is 4.79 Å². The van der Waals surface area contributed by atoms with Gasteiger partial charge in [0.1, 0.15) is 5.82 Å². The zero-order chi connectivity index (χ0) is 14.5. The third-order valence-electron chi connectivity index (χ3n) is 3.59. The second-order valence-corrected chi connectivity index (χ2v) is 6.02. The summed E-state index contributed by atoms with van der Waals surface area (Å²) >= 11 is 1.21. The van der Waals surface area contributed by atoms with Crippen LogP contribution in [0, 0.1) is 0 Å². The van der Waals surface area contributed by atoms with Crippen LogP contribution in [0.2, 0.25) is 0 Å². The number of aromatic amines is 1. The summed E-state index contributed by atoms with van der Waals surface area (Å²) in [6, 6.07) is 1.57. The maximum absolute atomic E-state index is 12.1. The first-order valence-corrected chi connectivity index (χ1v) is 7.80. The molecule has 0 saturated heterocycles. The SMILES string of the molecule is CN(C(=O)CSc1nc(N)cc(=O)[nH]1)C1CCCCC1. The number of carbonyl (C=O) groups is 1. The smallest absolute Gasteiger partial charge is 0.253 e. The average molecular weight is 296 g/mol. The summed E-state index contributed by atoms with van der Waals surface area (Å²) in [4.78, 5) is 31.8. The van der Waals surface area contributed by atoms with Crippen LogP contribution in [0.4, 0.5) is 5.82 Å². The van der Waals surface area contributed by atoms with Crippen molar-refractivity contribution in [2.45, 2.75) is 43.3 Å². The van der Waals surface area contributed by atoms with Gasteiger partial charge in [0.2, 0.25) is 5.91 Å². The molecule has 1 amide bonds. The highest BCUT2D eigenvalue weighted by Gasteiger charge is 2.22. The predicted molar refractivity (Wildman–Crippen MR) is 79.6 cm³/mol. The Morgan fingerprint density at radius 2 is 2.20 bits per heavy atom. The molecule has 6 nitrogen and oxygen atoms in total. The summed E-state index contributed by atoms with van der Waals surface area (Å²) in [5.41, 5.74) is 5.20. The van der Waals surface area contributed by atoms with Gasteiger partial charge >= 0.3 is 0 Å². The fourth-order valence-corrected chi connectivity index (χ4v) is 3.23. The van der Waals surface area contributed by atoms with E-state index >= 15 is 0 Å².